The van der Waals surface area contributed by atoms with Crippen molar-refractivity contribution in [2.75, 3.05) is 18.0 Å². The van der Waals surface area contributed by atoms with Crippen LogP contribution in [0.5, 0.6) is 0 Å². The van der Waals surface area contributed by atoms with E-state index in [1.807, 2.05) is 19.1 Å². The van der Waals surface area contributed by atoms with Crippen LogP contribution in [0.1, 0.15) is 36.2 Å². The minimum absolute atomic E-state index is 0.498. The fraction of sp³-hybridized carbons (Fsp3) is 0.391. The Balaban J connectivity index is 1.89. The molecule has 0 atom stereocenters. The van der Waals surface area contributed by atoms with Gasteiger partial charge in [-0.05, 0) is 63.3 Å². The molecule has 30 heavy (non-hydrogen) atoms. The molecule has 1 saturated heterocycles. The van der Waals surface area contributed by atoms with Gasteiger partial charge in [-0.15, -0.1) is 0 Å². The van der Waals surface area contributed by atoms with Crippen molar-refractivity contribution in [3.8, 4) is 11.8 Å². The second kappa shape index (κ2) is 8.42. The van der Waals surface area contributed by atoms with Crippen LogP contribution in [-0.2, 0) is 0 Å². The third-order valence-corrected chi connectivity index (χ3v) is 7.15. The summed E-state index contributed by atoms with van der Waals surface area (Å²) in [6.07, 6.45) is 2.73. The van der Waals surface area contributed by atoms with Gasteiger partial charge in [0.05, 0.1) is 21.8 Å². The molecule has 3 heterocycles. The Labute approximate surface area is 195 Å². The second-order valence-electron chi connectivity index (χ2n) is 8.04. The van der Waals surface area contributed by atoms with Gasteiger partial charge in [0.25, 0.3) is 0 Å². The zero-order valence-electron chi connectivity index (χ0n) is 17.3. The van der Waals surface area contributed by atoms with Crippen LogP contribution >= 0.6 is 39.1 Å². The van der Waals surface area contributed by atoms with Crippen LogP contribution in [-0.4, -0.2) is 22.6 Å². The molecule has 2 aromatic heterocycles. The first-order valence-electron chi connectivity index (χ1n) is 10.1. The monoisotopic (exact) mass is 504 g/mol. The summed E-state index contributed by atoms with van der Waals surface area (Å²) in [4.78, 5) is 7.34. The van der Waals surface area contributed by atoms with Crippen molar-refractivity contribution in [1.82, 2.24) is 9.55 Å². The minimum atomic E-state index is 0.498. The molecule has 0 unspecified atom stereocenters. The molecule has 0 saturated carbocycles. The van der Waals surface area contributed by atoms with E-state index in [-0.39, 0.29) is 0 Å². The predicted octanol–water partition coefficient (Wildman–Crippen LogP) is 7.15. The van der Waals surface area contributed by atoms with Gasteiger partial charge < -0.3 is 4.90 Å². The molecule has 1 fully saturated rings. The number of anilines is 1. The first kappa shape index (κ1) is 21.5. The Morgan fingerprint density at radius 2 is 1.77 bits per heavy atom. The number of nitrogens with zero attached hydrogens (tertiary/aromatic N) is 4. The molecule has 0 spiro atoms. The van der Waals surface area contributed by atoms with Crippen LogP contribution < -0.4 is 4.90 Å². The van der Waals surface area contributed by atoms with Gasteiger partial charge in [0.1, 0.15) is 5.65 Å². The number of aryl methyl sites for hydroxylation is 2. The van der Waals surface area contributed by atoms with Gasteiger partial charge in [-0.1, -0.05) is 39.1 Å². The molecule has 0 bridgehead atoms. The second-order valence-corrected chi connectivity index (χ2v) is 9.77. The summed E-state index contributed by atoms with van der Waals surface area (Å²) in [6.45, 7) is 8.16. The molecule has 1 aromatic carbocycles. The third kappa shape index (κ3) is 3.70. The number of benzene rings is 1. The normalized spacial score (nSPS) is 15.0. The molecule has 156 valence electrons. The number of rotatable bonds is 3. The van der Waals surface area contributed by atoms with Crippen LogP contribution in [0.25, 0.3) is 16.7 Å². The Bertz CT molecular complexity index is 1150. The maximum Gasteiger partial charge on any atom is 0.147 e. The van der Waals surface area contributed by atoms with Crippen molar-refractivity contribution in [2.24, 2.45) is 5.92 Å². The number of fused-ring (bicyclic) bond motifs is 1. The molecule has 0 amide bonds. The van der Waals surface area contributed by atoms with Gasteiger partial charge in [0.15, 0.2) is 0 Å². The molecule has 1 aliphatic rings. The van der Waals surface area contributed by atoms with Crippen LogP contribution in [0.4, 0.5) is 5.69 Å². The van der Waals surface area contributed by atoms with E-state index in [1.54, 1.807) is 0 Å². The van der Waals surface area contributed by atoms with Crippen LogP contribution in [0.15, 0.2) is 22.7 Å². The lowest BCUT2D eigenvalue weighted by molar-refractivity contribution is 0.413. The number of pyridine rings is 1. The number of nitriles is 1. The Morgan fingerprint density at radius 1 is 1.13 bits per heavy atom. The number of hydrogen-bond acceptors (Lipinski definition) is 3. The van der Waals surface area contributed by atoms with E-state index in [1.165, 1.54) is 11.3 Å². The lowest BCUT2D eigenvalue weighted by Crippen LogP contribution is -2.33. The van der Waals surface area contributed by atoms with Crippen molar-refractivity contribution < 1.29 is 0 Å². The molecule has 1 aliphatic heterocycles. The van der Waals surface area contributed by atoms with E-state index in [9.17, 15) is 0 Å². The highest BCUT2D eigenvalue weighted by atomic mass is 79.9. The Hall–Kier alpha value is -1.74. The number of aromatic nitrogens is 2. The quantitative estimate of drug-likeness (QED) is 0.379. The summed E-state index contributed by atoms with van der Waals surface area (Å²) in [5.74, 6) is 0.498. The Morgan fingerprint density at radius 3 is 2.37 bits per heavy atom. The number of piperidine rings is 1. The zero-order chi connectivity index (χ0) is 21.6. The van der Waals surface area contributed by atoms with E-state index in [0.717, 1.165) is 58.5 Å². The van der Waals surface area contributed by atoms with Gasteiger partial charge in [0, 0.05) is 46.4 Å². The smallest absolute Gasteiger partial charge is 0.147 e. The molecular weight excluding hydrogens is 483 g/mol. The van der Waals surface area contributed by atoms with Gasteiger partial charge in [0.2, 0.25) is 0 Å². The fourth-order valence-corrected chi connectivity index (χ4v) is 5.82. The molecule has 4 rings (SSSR count). The summed E-state index contributed by atoms with van der Waals surface area (Å²) in [7, 11) is 0. The highest BCUT2D eigenvalue weighted by molar-refractivity contribution is 9.10. The molecule has 7 heteroatoms. The van der Waals surface area contributed by atoms with Crippen LogP contribution in [0.3, 0.4) is 0 Å². The molecule has 0 N–H and O–H groups in total. The highest BCUT2D eigenvalue weighted by Gasteiger charge is 2.25. The van der Waals surface area contributed by atoms with E-state index in [2.05, 4.69) is 51.4 Å². The average molecular weight is 506 g/mol. The summed E-state index contributed by atoms with van der Waals surface area (Å²) in [5, 5.41) is 11.3. The largest absolute Gasteiger partial charge is 0.371 e. The van der Waals surface area contributed by atoms with Gasteiger partial charge in [-0.25, -0.2) is 4.98 Å². The topological polar surface area (TPSA) is 44.9 Å². The van der Waals surface area contributed by atoms with Crippen molar-refractivity contribution in [3.05, 3.63) is 49.7 Å². The van der Waals surface area contributed by atoms with Gasteiger partial charge >= 0.3 is 0 Å². The maximum absolute atomic E-state index is 9.02. The molecular formula is C23H23BrCl2N4. The molecule has 4 nitrogen and oxygen atoms in total. The predicted molar refractivity (Wildman–Crippen MR) is 128 cm³/mol. The lowest BCUT2D eigenvalue weighted by atomic mass is 9.93. The highest BCUT2D eigenvalue weighted by Crippen LogP contribution is 2.41. The van der Waals surface area contributed by atoms with Gasteiger partial charge in [-0.2, -0.15) is 5.26 Å². The summed E-state index contributed by atoms with van der Waals surface area (Å²) in [6, 6.07) is 8.22. The van der Waals surface area contributed by atoms with Crippen LogP contribution in [0.2, 0.25) is 10.0 Å². The number of halogens is 3. The number of hydrogen-bond donors (Lipinski definition) is 0. The lowest BCUT2D eigenvalue weighted by Gasteiger charge is -2.33. The Kier molecular flexibility index (Phi) is 6.03. The van der Waals surface area contributed by atoms with E-state index >= 15 is 0 Å². The molecule has 0 radical (unpaired) electrons. The fourth-order valence-electron chi connectivity index (χ4n) is 4.45. The van der Waals surface area contributed by atoms with Gasteiger partial charge in [-0.3, -0.25) is 4.57 Å². The first-order valence-corrected chi connectivity index (χ1v) is 11.6. The van der Waals surface area contributed by atoms with Crippen molar-refractivity contribution in [1.29, 1.82) is 5.26 Å². The standard InChI is InChI=1S/C23H23BrCl2N4/c1-13-10-20(29-8-5-16(4-7-27)6-9-29)21-14(2)15(3)30(23(21)28-13)22-18(25)11-17(24)12-19(22)26/h10-12,16H,4-6,8-9H2,1-3H3. The molecule has 3 aromatic rings. The SMILES string of the molecule is Cc1cc(N2CCC(CC#N)CC2)c2c(C)c(C)n(-c3c(Cl)cc(Br)cc3Cl)c2n1. The van der Waals surface area contributed by atoms with E-state index in [4.69, 9.17) is 33.4 Å². The minimum Gasteiger partial charge on any atom is -0.371 e. The summed E-state index contributed by atoms with van der Waals surface area (Å²) in [5.41, 5.74) is 6.06. The first-order chi connectivity index (χ1) is 14.3. The van der Waals surface area contributed by atoms with Crippen LogP contribution in [0, 0.1) is 38.0 Å². The van der Waals surface area contributed by atoms with E-state index in [0.29, 0.717) is 22.4 Å². The summed E-state index contributed by atoms with van der Waals surface area (Å²) >= 11 is 16.7. The van der Waals surface area contributed by atoms with Crippen molar-refractivity contribution >= 4 is 55.9 Å². The summed E-state index contributed by atoms with van der Waals surface area (Å²) < 4.78 is 2.93. The van der Waals surface area contributed by atoms with Crippen molar-refractivity contribution in [2.45, 2.75) is 40.0 Å². The zero-order valence-corrected chi connectivity index (χ0v) is 20.4. The van der Waals surface area contributed by atoms with E-state index < -0.39 is 0 Å². The van der Waals surface area contributed by atoms with Crippen molar-refractivity contribution in [3.63, 3.8) is 0 Å². The third-order valence-electron chi connectivity index (χ3n) is 6.11. The molecule has 0 aliphatic carbocycles. The maximum atomic E-state index is 9.02. The average Bonchev–Trinajstić information content (AvgIpc) is 2.92.